The van der Waals surface area contributed by atoms with Crippen LogP contribution in [0.3, 0.4) is 0 Å². The zero-order chi connectivity index (χ0) is 8.32. The van der Waals surface area contributed by atoms with E-state index in [0.717, 1.165) is 24.5 Å². The maximum Gasteiger partial charge on any atom is 0.0495 e. The van der Waals surface area contributed by atoms with Crippen LogP contribution in [0.5, 0.6) is 0 Å². The molecule has 0 aliphatic carbocycles. The Labute approximate surface area is 77.6 Å². The van der Waals surface area contributed by atoms with Crippen molar-refractivity contribution in [3.63, 3.8) is 0 Å². The summed E-state index contributed by atoms with van der Waals surface area (Å²) in [6.07, 6.45) is 2.55. The fourth-order valence-electron chi connectivity index (χ4n) is 1.58. The Morgan fingerprint density at radius 2 is 2.27 bits per heavy atom. The Morgan fingerprint density at radius 3 is 2.73 bits per heavy atom. The number of ether oxygens (including phenoxy) is 1. The normalized spacial score (nSPS) is 25.9. The summed E-state index contributed by atoms with van der Waals surface area (Å²) < 4.78 is 5.33. The SMILES string of the molecule is CC(C)(CBr)CC1CCOC1. The molecule has 0 bridgehead atoms. The van der Waals surface area contributed by atoms with E-state index >= 15 is 0 Å². The van der Waals surface area contributed by atoms with E-state index in [2.05, 4.69) is 29.8 Å². The molecule has 1 atom stereocenters. The van der Waals surface area contributed by atoms with E-state index < -0.39 is 0 Å². The molecule has 1 aliphatic heterocycles. The van der Waals surface area contributed by atoms with Gasteiger partial charge >= 0.3 is 0 Å². The summed E-state index contributed by atoms with van der Waals surface area (Å²) in [5, 5.41) is 1.09. The first-order valence-corrected chi connectivity index (χ1v) is 5.40. The van der Waals surface area contributed by atoms with Gasteiger partial charge in [0.25, 0.3) is 0 Å². The molecule has 1 fully saturated rings. The minimum Gasteiger partial charge on any atom is -0.381 e. The Morgan fingerprint density at radius 1 is 1.55 bits per heavy atom. The van der Waals surface area contributed by atoms with Crippen molar-refractivity contribution < 1.29 is 4.74 Å². The average Bonchev–Trinajstić information content (AvgIpc) is 2.39. The monoisotopic (exact) mass is 220 g/mol. The van der Waals surface area contributed by atoms with Gasteiger partial charge in [0.2, 0.25) is 0 Å². The molecule has 0 amide bonds. The smallest absolute Gasteiger partial charge is 0.0495 e. The van der Waals surface area contributed by atoms with Crippen LogP contribution in [0.1, 0.15) is 26.7 Å². The van der Waals surface area contributed by atoms with E-state index in [9.17, 15) is 0 Å². The highest BCUT2D eigenvalue weighted by Crippen LogP contribution is 2.31. The van der Waals surface area contributed by atoms with Crippen LogP contribution in [0.2, 0.25) is 0 Å². The summed E-state index contributed by atoms with van der Waals surface area (Å²) >= 11 is 3.54. The van der Waals surface area contributed by atoms with Crippen LogP contribution in [0.4, 0.5) is 0 Å². The predicted molar refractivity (Wildman–Crippen MR) is 51.1 cm³/mol. The molecule has 0 spiro atoms. The van der Waals surface area contributed by atoms with Gasteiger partial charge in [-0.2, -0.15) is 0 Å². The van der Waals surface area contributed by atoms with Gasteiger partial charge in [0.05, 0.1) is 0 Å². The summed E-state index contributed by atoms with van der Waals surface area (Å²) in [7, 11) is 0. The van der Waals surface area contributed by atoms with Crippen molar-refractivity contribution in [2.24, 2.45) is 11.3 Å². The van der Waals surface area contributed by atoms with Crippen molar-refractivity contribution in [2.75, 3.05) is 18.5 Å². The van der Waals surface area contributed by atoms with Gasteiger partial charge in [-0.1, -0.05) is 29.8 Å². The second kappa shape index (κ2) is 3.90. The standard InChI is InChI=1S/C9H17BrO/c1-9(2,7-10)5-8-3-4-11-6-8/h8H,3-7H2,1-2H3. The first kappa shape index (κ1) is 9.53. The van der Waals surface area contributed by atoms with E-state index in [1.54, 1.807) is 0 Å². The lowest BCUT2D eigenvalue weighted by Gasteiger charge is -2.24. The van der Waals surface area contributed by atoms with E-state index in [4.69, 9.17) is 4.74 Å². The summed E-state index contributed by atoms with van der Waals surface area (Å²) in [5.74, 6) is 0.808. The highest BCUT2D eigenvalue weighted by Gasteiger charge is 2.24. The Hall–Kier alpha value is 0.440. The van der Waals surface area contributed by atoms with Crippen LogP contribution < -0.4 is 0 Å². The maximum atomic E-state index is 5.33. The summed E-state index contributed by atoms with van der Waals surface area (Å²) in [6.45, 7) is 6.57. The zero-order valence-electron chi connectivity index (χ0n) is 7.40. The fourth-order valence-corrected chi connectivity index (χ4v) is 1.81. The molecule has 66 valence electrons. The molecule has 2 heteroatoms. The molecule has 0 N–H and O–H groups in total. The lowest BCUT2D eigenvalue weighted by atomic mass is 9.84. The molecule has 0 aromatic carbocycles. The topological polar surface area (TPSA) is 9.23 Å². The lowest BCUT2D eigenvalue weighted by molar-refractivity contribution is 0.174. The zero-order valence-corrected chi connectivity index (χ0v) is 8.99. The van der Waals surface area contributed by atoms with E-state index in [1.807, 2.05) is 0 Å². The van der Waals surface area contributed by atoms with Crippen molar-refractivity contribution in [3.8, 4) is 0 Å². The molecule has 0 aromatic rings. The first-order valence-electron chi connectivity index (χ1n) is 4.28. The Bertz CT molecular complexity index is 117. The van der Waals surface area contributed by atoms with Gasteiger partial charge in [0.1, 0.15) is 0 Å². The molecule has 1 heterocycles. The summed E-state index contributed by atoms with van der Waals surface area (Å²) in [5.41, 5.74) is 0.443. The Balaban J connectivity index is 2.28. The van der Waals surface area contributed by atoms with Crippen molar-refractivity contribution >= 4 is 15.9 Å². The number of alkyl halides is 1. The first-order chi connectivity index (χ1) is 5.14. The fraction of sp³-hybridized carbons (Fsp3) is 1.00. The average molecular weight is 221 g/mol. The Kier molecular flexibility index (Phi) is 3.38. The summed E-state index contributed by atoms with van der Waals surface area (Å²) in [4.78, 5) is 0. The molecule has 0 radical (unpaired) electrons. The molecule has 1 nitrogen and oxygen atoms in total. The largest absolute Gasteiger partial charge is 0.381 e. The second-order valence-corrected chi connectivity index (χ2v) is 4.79. The minimum atomic E-state index is 0.443. The third-order valence-corrected chi connectivity index (χ3v) is 3.74. The molecule has 1 saturated heterocycles. The van der Waals surface area contributed by atoms with Crippen molar-refractivity contribution in [1.29, 1.82) is 0 Å². The molecule has 1 rings (SSSR count). The van der Waals surface area contributed by atoms with Crippen LogP contribution in [-0.2, 0) is 4.74 Å². The van der Waals surface area contributed by atoms with Gasteiger partial charge in [-0.25, -0.2) is 0 Å². The minimum absolute atomic E-state index is 0.443. The molecule has 1 aliphatic rings. The quantitative estimate of drug-likeness (QED) is 0.666. The third kappa shape index (κ3) is 3.12. The van der Waals surface area contributed by atoms with Crippen molar-refractivity contribution in [3.05, 3.63) is 0 Å². The third-order valence-electron chi connectivity index (χ3n) is 2.23. The molecular weight excluding hydrogens is 204 g/mol. The van der Waals surface area contributed by atoms with Gasteiger partial charge < -0.3 is 4.74 Å². The van der Waals surface area contributed by atoms with Crippen LogP contribution in [0, 0.1) is 11.3 Å². The van der Waals surface area contributed by atoms with Gasteiger partial charge in [0.15, 0.2) is 0 Å². The van der Waals surface area contributed by atoms with Gasteiger partial charge in [-0.15, -0.1) is 0 Å². The van der Waals surface area contributed by atoms with Crippen LogP contribution in [0.15, 0.2) is 0 Å². The number of hydrogen-bond donors (Lipinski definition) is 0. The van der Waals surface area contributed by atoms with Crippen LogP contribution in [0.25, 0.3) is 0 Å². The summed E-state index contributed by atoms with van der Waals surface area (Å²) in [6, 6.07) is 0. The van der Waals surface area contributed by atoms with Crippen LogP contribution >= 0.6 is 15.9 Å². The van der Waals surface area contributed by atoms with Crippen molar-refractivity contribution in [1.82, 2.24) is 0 Å². The van der Waals surface area contributed by atoms with E-state index in [-0.39, 0.29) is 0 Å². The van der Waals surface area contributed by atoms with Gasteiger partial charge in [-0.05, 0) is 24.2 Å². The predicted octanol–water partition coefficient (Wildman–Crippen LogP) is 2.83. The molecule has 1 unspecified atom stereocenters. The number of halogens is 1. The lowest BCUT2D eigenvalue weighted by Crippen LogP contribution is -2.18. The second-order valence-electron chi connectivity index (χ2n) is 4.23. The molecule has 0 saturated carbocycles. The van der Waals surface area contributed by atoms with E-state index in [0.29, 0.717) is 5.41 Å². The molecule has 11 heavy (non-hydrogen) atoms. The molecule has 0 aromatic heterocycles. The highest BCUT2D eigenvalue weighted by molar-refractivity contribution is 9.09. The van der Waals surface area contributed by atoms with Crippen LogP contribution in [-0.4, -0.2) is 18.5 Å². The number of hydrogen-bond acceptors (Lipinski definition) is 1. The molecular formula is C9H17BrO. The van der Waals surface area contributed by atoms with E-state index in [1.165, 1.54) is 12.8 Å². The van der Waals surface area contributed by atoms with Gasteiger partial charge in [0, 0.05) is 18.5 Å². The maximum absolute atomic E-state index is 5.33. The van der Waals surface area contributed by atoms with Gasteiger partial charge in [-0.3, -0.25) is 0 Å². The number of rotatable bonds is 3. The van der Waals surface area contributed by atoms with Crippen molar-refractivity contribution in [2.45, 2.75) is 26.7 Å². The highest BCUT2D eigenvalue weighted by atomic mass is 79.9.